The Kier molecular flexibility index (Phi) is 5.61. The standard InChI is InChI=1S/C23H17F2N3O2/c24-18-10-6-15(7-11-18)14-20(29)26-21(16-8-12-19(25)13-9-16)23-28-27-22(30-23)17-4-2-1-3-5-17/h1-13,21H,14H2,(H,26,29)/t21-/m0/s1. The van der Waals surface area contributed by atoms with Crippen LogP contribution in [0, 0.1) is 11.6 Å². The van der Waals surface area contributed by atoms with Crippen LogP contribution in [0.5, 0.6) is 0 Å². The second-order valence-electron chi connectivity index (χ2n) is 6.67. The van der Waals surface area contributed by atoms with Crippen LogP contribution in [0.25, 0.3) is 11.5 Å². The zero-order chi connectivity index (χ0) is 20.9. The number of halogens is 2. The smallest absolute Gasteiger partial charge is 0.247 e. The van der Waals surface area contributed by atoms with Crippen molar-refractivity contribution in [3.8, 4) is 11.5 Å². The largest absolute Gasteiger partial charge is 0.418 e. The molecule has 150 valence electrons. The third-order valence-corrected chi connectivity index (χ3v) is 4.49. The third kappa shape index (κ3) is 4.57. The average Bonchev–Trinajstić information content (AvgIpc) is 3.25. The lowest BCUT2D eigenvalue weighted by Gasteiger charge is -2.16. The van der Waals surface area contributed by atoms with E-state index >= 15 is 0 Å². The molecular formula is C23H17F2N3O2. The van der Waals surface area contributed by atoms with Crippen molar-refractivity contribution in [2.75, 3.05) is 0 Å². The molecule has 0 aliphatic carbocycles. The van der Waals surface area contributed by atoms with Crippen LogP contribution in [-0.2, 0) is 11.2 Å². The number of benzene rings is 3. The van der Waals surface area contributed by atoms with Crippen molar-refractivity contribution in [2.45, 2.75) is 12.5 Å². The molecule has 0 radical (unpaired) electrons. The zero-order valence-corrected chi connectivity index (χ0v) is 15.8. The molecule has 1 N–H and O–H groups in total. The number of nitrogens with one attached hydrogen (secondary N) is 1. The normalized spacial score (nSPS) is 11.8. The number of amides is 1. The minimum absolute atomic E-state index is 0.0393. The van der Waals surface area contributed by atoms with Crippen molar-refractivity contribution in [3.05, 3.63) is 108 Å². The fraction of sp³-hybridized carbons (Fsp3) is 0.0870. The van der Waals surface area contributed by atoms with Crippen LogP contribution >= 0.6 is 0 Å². The fourth-order valence-corrected chi connectivity index (χ4v) is 2.99. The molecule has 0 spiro atoms. The molecule has 1 atom stereocenters. The monoisotopic (exact) mass is 405 g/mol. The van der Waals surface area contributed by atoms with E-state index in [9.17, 15) is 13.6 Å². The summed E-state index contributed by atoms with van der Waals surface area (Å²) in [6.45, 7) is 0. The predicted molar refractivity (Wildman–Crippen MR) is 106 cm³/mol. The van der Waals surface area contributed by atoms with E-state index in [0.29, 0.717) is 17.0 Å². The molecule has 1 amide bonds. The maximum absolute atomic E-state index is 13.4. The van der Waals surface area contributed by atoms with Crippen molar-refractivity contribution in [3.63, 3.8) is 0 Å². The fourth-order valence-electron chi connectivity index (χ4n) is 2.99. The molecule has 0 aliphatic rings. The van der Waals surface area contributed by atoms with E-state index in [-0.39, 0.29) is 24.0 Å². The van der Waals surface area contributed by atoms with Crippen LogP contribution in [0.3, 0.4) is 0 Å². The van der Waals surface area contributed by atoms with Crippen molar-refractivity contribution in [1.29, 1.82) is 0 Å². The minimum Gasteiger partial charge on any atom is -0.418 e. The number of hydrogen-bond donors (Lipinski definition) is 1. The van der Waals surface area contributed by atoms with Gasteiger partial charge in [0.25, 0.3) is 0 Å². The molecule has 5 nitrogen and oxygen atoms in total. The summed E-state index contributed by atoms with van der Waals surface area (Å²) < 4.78 is 32.3. The van der Waals surface area contributed by atoms with E-state index in [1.165, 1.54) is 24.3 Å². The van der Waals surface area contributed by atoms with Gasteiger partial charge in [-0.25, -0.2) is 8.78 Å². The molecule has 0 fully saturated rings. The van der Waals surface area contributed by atoms with Gasteiger partial charge in [0.15, 0.2) is 0 Å². The van der Waals surface area contributed by atoms with Crippen LogP contribution in [0.4, 0.5) is 8.78 Å². The minimum atomic E-state index is -0.761. The van der Waals surface area contributed by atoms with Gasteiger partial charge in [-0.3, -0.25) is 4.79 Å². The van der Waals surface area contributed by atoms with Gasteiger partial charge in [0, 0.05) is 5.56 Å². The molecule has 0 aliphatic heterocycles. The van der Waals surface area contributed by atoms with Gasteiger partial charge in [-0.1, -0.05) is 42.5 Å². The van der Waals surface area contributed by atoms with Gasteiger partial charge in [-0.05, 0) is 47.5 Å². The van der Waals surface area contributed by atoms with E-state index in [0.717, 1.165) is 5.56 Å². The van der Waals surface area contributed by atoms with Gasteiger partial charge >= 0.3 is 0 Å². The van der Waals surface area contributed by atoms with Gasteiger partial charge in [0.1, 0.15) is 17.7 Å². The summed E-state index contributed by atoms with van der Waals surface area (Å²) in [7, 11) is 0. The van der Waals surface area contributed by atoms with Crippen LogP contribution in [0.15, 0.2) is 83.3 Å². The quantitative estimate of drug-likeness (QED) is 0.514. The molecule has 4 aromatic rings. The SMILES string of the molecule is O=C(Cc1ccc(F)cc1)N[C@@H](c1ccc(F)cc1)c1nnc(-c2ccccc2)o1. The summed E-state index contributed by atoms with van der Waals surface area (Å²) in [5.74, 6) is -0.609. The Balaban J connectivity index is 1.60. The molecule has 7 heteroatoms. The highest BCUT2D eigenvalue weighted by Crippen LogP contribution is 2.25. The summed E-state index contributed by atoms with van der Waals surface area (Å²) in [6.07, 6.45) is 0.0393. The van der Waals surface area contributed by atoms with Crippen molar-refractivity contribution in [2.24, 2.45) is 0 Å². The van der Waals surface area contributed by atoms with E-state index in [2.05, 4.69) is 15.5 Å². The summed E-state index contributed by atoms with van der Waals surface area (Å²) >= 11 is 0. The summed E-state index contributed by atoms with van der Waals surface area (Å²) in [5.41, 5.74) is 1.99. The number of hydrogen-bond acceptors (Lipinski definition) is 4. The number of rotatable bonds is 6. The van der Waals surface area contributed by atoms with Gasteiger partial charge < -0.3 is 9.73 Å². The molecular weight excluding hydrogens is 388 g/mol. The maximum atomic E-state index is 13.4. The summed E-state index contributed by atoms with van der Waals surface area (Å²) in [5, 5.41) is 11.0. The second kappa shape index (κ2) is 8.65. The van der Waals surface area contributed by atoms with Gasteiger partial charge in [0.2, 0.25) is 17.7 Å². The third-order valence-electron chi connectivity index (χ3n) is 4.49. The van der Waals surface area contributed by atoms with Crippen LogP contribution in [0.2, 0.25) is 0 Å². The van der Waals surface area contributed by atoms with Crippen molar-refractivity contribution >= 4 is 5.91 Å². The summed E-state index contributed by atoms with van der Waals surface area (Å²) in [6, 6.07) is 19.8. The highest BCUT2D eigenvalue weighted by molar-refractivity contribution is 5.79. The van der Waals surface area contributed by atoms with Crippen LogP contribution in [-0.4, -0.2) is 16.1 Å². The molecule has 30 heavy (non-hydrogen) atoms. The topological polar surface area (TPSA) is 68.0 Å². The van der Waals surface area contributed by atoms with Gasteiger partial charge in [-0.2, -0.15) is 0 Å². The second-order valence-corrected chi connectivity index (χ2v) is 6.67. The molecule has 1 heterocycles. The lowest BCUT2D eigenvalue weighted by atomic mass is 10.1. The molecule has 0 bridgehead atoms. The number of nitrogens with zero attached hydrogens (tertiary/aromatic N) is 2. The Morgan fingerprint density at radius 3 is 2.17 bits per heavy atom. The Morgan fingerprint density at radius 2 is 1.50 bits per heavy atom. The van der Waals surface area contributed by atoms with E-state index in [1.807, 2.05) is 30.3 Å². The first-order chi connectivity index (χ1) is 14.6. The van der Waals surface area contributed by atoms with E-state index < -0.39 is 11.9 Å². The lowest BCUT2D eigenvalue weighted by molar-refractivity contribution is -0.121. The Morgan fingerprint density at radius 1 is 0.867 bits per heavy atom. The first-order valence-electron chi connectivity index (χ1n) is 9.26. The molecule has 3 aromatic carbocycles. The van der Waals surface area contributed by atoms with Crippen molar-refractivity contribution < 1.29 is 18.0 Å². The van der Waals surface area contributed by atoms with E-state index in [4.69, 9.17) is 4.42 Å². The zero-order valence-electron chi connectivity index (χ0n) is 15.8. The van der Waals surface area contributed by atoms with Crippen LogP contribution in [0.1, 0.15) is 23.1 Å². The predicted octanol–water partition coefficient (Wildman–Crippen LogP) is 4.46. The summed E-state index contributed by atoms with van der Waals surface area (Å²) in [4.78, 5) is 12.6. The average molecular weight is 405 g/mol. The van der Waals surface area contributed by atoms with Crippen molar-refractivity contribution in [1.82, 2.24) is 15.5 Å². The lowest BCUT2D eigenvalue weighted by Crippen LogP contribution is -2.30. The number of carbonyl (C=O) groups excluding carboxylic acids is 1. The molecule has 0 saturated carbocycles. The Hall–Kier alpha value is -3.87. The Labute approximate surface area is 171 Å². The first kappa shape index (κ1) is 19.4. The van der Waals surface area contributed by atoms with E-state index in [1.54, 1.807) is 24.3 Å². The number of carbonyl (C=O) groups is 1. The molecule has 0 unspecified atom stereocenters. The van der Waals surface area contributed by atoms with Gasteiger partial charge in [-0.15, -0.1) is 10.2 Å². The Bertz CT molecular complexity index is 1130. The molecule has 4 rings (SSSR count). The molecule has 0 saturated heterocycles. The highest BCUT2D eigenvalue weighted by atomic mass is 19.1. The van der Waals surface area contributed by atoms with Crippen LogP contribution < -0.4 is 5.32 Å². The van der Waals surface area contributed by atoms with Gasteiger partial charge in [0.05, 0.1) is 6.42 Å². The maximum Gasteiger partial charge on any atom is 0.247 e. The highest BCUT2D eigenvalue weighted by Gasteiger charge is 2.23. The molecule has 1 aromatic heterocycles. The first-order valence-corrected chi connectivity index (χ1v) is 9.26. The number of aromatic nitrogens is 2.